The van der Waals surface area contributed by atoms with E-state index in [1.807, 2.05) is 24.3 Å². The van der Waals surface area contributed by atoms with Gasteiger partial charge in [-0.15, -0.1) is 0 Å². The van der Waals surface area contributed by atoms with Crippen LogP contribution in [0.2, 0.25) is 0 Å². The van der Waals surface area contributed by atoms with Gasteiger partial charge in [0.2, 0.25) is 5.12 Å². The van der Waals surface area contributed by atoms with Crippen LogP contribution in [-0.2, 0) is 4.79 Å². The van der Waals surface area contributed by atoms with Gasteiger partial charge in [0.25, 0.3) is 0 Å². The summed E-state index contributed by atoms with van der Waals surface area (Å²) in [7, 11) is 0. The molecule has 0 bridgehead atoms. The van der Waals surface area contributed by atoms with Crippen molar-refractivity contribution in [3.63, 3.8) is 0 Å². The molecule has 0 saturated carbocycles. The zero-order chi connectivity index (χ0) is 13.4. The van der Waals surface area contributed by atoms with E-state index in [1.54, 1.807) is 0 Å². The molecule has 0 radical (unpaired) electrons. The first-order valence-electron chi connectivity index (χ1n) is 6.29. The number of rotatable bonds is 7. The van der Waals surface area contributed by atoms with Gasteiger partial charge in [0.1, 0.15) is 0 Å². The zero-order valence-corrected chi connectivity index (χ0v) is 13.1. The molecule has 0 saturated heterocycles. The Labute approximate surface area is 122 Å². The molecule has 0 fully saturated rings. The molecule has 1 rings (SSSR count). The maximum atomic E-state index is 11.9. The lowest BCUT2D eigenvalue weighted by atomic mass is 10.1. The lowest BCUT2D eigenvalue weighted by molar-refractivity contribution is -0.108. The van der Waals surface area contributed by atoms with Crippen molar-refractivity contribution in [2.24, 2.45) is 0 Å². The Morgan fingerprint density at radius 2 is 1.89 bits per heavy atom. The number of carbonyl (C=O) groups excluding carboxylic acids is 1. The van der Waals surface area contributed by atoms with E-state index in [9.17, 15) is 4.79 Å². The van der Waals surface area contributed by atoms with Gasteiger partial charge in [-0.05, 0) is 54.4 Å². The van der Waals surface area contributed by atoms with Crippen LogP contribution in [0.5, 0.6) is 0 Å². The highest BCUT2D eigenvalue weighted by Crippen LogP contribution is 2.25. The molecule has 0 spiro atoms. The molecule has 0 amide bonds. The van der Waals surface area contributed by atoms with Crippen molar-refractivity contribution in [3.05, 3.63) is 40.9 Å². The summed E-state index contributed by atoms with van der Waals surface area (Å²) in [5.41, 5.74) is 0.735. The molecule has 1 nitrogen and oxygen atoms in total. The van der Waals surface area contributed by atoms with E-state index in [2.05, 4.69) is 29.4 Å². The van der Waals surface area contributed by atoms with Crippen molar-refractivity contribution in [2.45, 2.75) is 43.9 Å². The molecule has 0 unspecified atom stereocenters. The van der Waals surface area contributed by atoms with Gasteiger partial charge in [0.05, 0.1) is 0 Å². The van der Waals surface area contributed by atoms with Crippen molar-refractivity contribution in [2.75, 3.05) is 0 Å². The van der Waals surface area contributed by atoms with Crippen molar-refractivity contribution in [1.29, 1.82) is 0 Å². The van der Waals surface area contributed by atoms with Gasteiger partial charge in [-0.1, -0.05) is 48.7 Å². The molecular weight excluding hydrogens is 308 g/mol. The molecule has 0 heterocycles. The minimum absolute atomic E-state index is 0.0915. The van der Waals surface area contributed by atoms with Crippen molar-refractivity contribution >= 4 is 32.8 Å². The van der Waals surface area contributed by atoms with Crippen molar-refractivity contribution < 1.29 is 4.79 Å². The quantitative estimate of drug-likeness (QED) is 0.369. The van der Waals surface area contributed by atoms with Gasteiger partial charge >= 0.3 is 0 Å². The fourth-order valence-electron chi connectivity index (χ4n) is 1.55. The summed E-state index contributed by atoms with van der Waals surface area (Å²) >= 11 is 4.64. The Hall–Kier alpha value is -0.540. The highest BCUT2D eigenvalue weighted by molar-refractivity contribution is 9.10. The van der Waals surface area contributed by atoms with Crippen molar-refractivity contribution in [1.82, 2.24) is 0 Å². The smallest absolute Gasteiger partial charge is 0.219 e. The lowest BCUT2D eigenvalue weighted by Crippen LogP contribution is -1.96. The average Bonchev–Trinajstić information content (AvgIpc) is 2.37. The maximum Gasteiger partial charge on any atom is 0.219 e. The molecular formula is C15H19BrOS. The summed E-state index contributed by atoms with van der Waals surface area (Å²) in [6, 6.07) is 7.77. The molecule has 0 aromatic heterocycles. The monoisotopic (exact) mass is 326 g/mol. The standard InChI is InChI=1S/C15H19BrOS/c1-3-4-5-6-7-12(2)15(17)18-14-10-8-13(16)9-11-14/h8-11H,2-7H2,1H3. The lowest BCUT2D eigenvalue weighted by Gasteiger charge is -2.04. The van der Waals surface area contributed by atoms with Gasteiger partial charge in [-0.25, -0.2) is 0 Å². The maximum absolute atomic E-state index is 11.9. The van der Waals surface area contributed by atoms with E-state index < -0.39 is 0 Å². The first-order valence-corrected chi connectivity index (χ1v) is 7.90. The van der Waals surface area contributed by atoms with Crippen LogP contribution in [0.25, 0.3) is 0 Å². The summed E-state index contributed by atoms with van der Waals surface area (Å²) in [5.74, 6) is 0. The van der Waals surface area contributed by atoms with Gasteiger partial charge in [-0.2, -0.15) is 0 Å². The second-order valence-corrected chi connectivity index (χ2v) is 6.22. The molecule has 0 aliphatic heterocycles. The number of halogens is 1. The Kier molecular flexibility index (Phi) is 7.36. The van der Waals surface area contributed by atoms with Crippen LogP contribution in [0.4, 0.5) is 0 Å². The Morgan fingerprint density at radius 3 is 2.50 bits per heavy atom. The number of thioether (sulfide) groups is 1. The number of unbranched alkanes of at least 4 members (excludes halogenated alkanes) is 3. The van der Waals surface area contributed by atoms with E-state index in [1.165, 1.54) is 31.0 Å². The Balaban J connectivity index is 2.35. The van der Waals surface area contributed by atoms with E-state index in [0.29, 0.717) is 0 Å². The second kappa shape index (κ2) is 8.54. The molecule has 0 aliphatic rings. The summed E-state index contributed by atoms with van der Waals surface area (Å²) in [6.45, 7) is 6.07. The Morgan fingerprint density at radius 1 is 1.22 bits per heavy atom. The predicted molar refractivity (Wildman–Crippen MR) is 82.9 cm³/mol. The van der Waals surface area contributed by atoms with Gasteiger partial charge < -0.3 is 0 Å². The van der Waals surface area contributed by atoms with Crippen LogP contribution in [0, 0.1) is 0 Å². The van der Waals surface area contributed by atoms with Crippen LogP contribution in [0.3, 0.4) is 0 Å². The average molecular weight is 327 g/mol. The normalized spacial score (nSPS) is 10.3. The third-order valence-corrected chi connectivity index (χ3v) is 4.16. The first-order chi connectivity index (χ1) is 8.63. The van der Waals surface area contributed by atoms with Crippen LogP contribution in [-0.4, -0.2) is 5.12 Å². The minimum Gasteiger partial charge on any atom is -0.282 e. The van der Waals surface area contributed by atoms with Crippen LogP contribution >= 0.6 is 27.7 Å². The van der Waals surface area contributed by atoms with Crippen LogP contribution in [0.1, 0.15) is 39.0 Å². The SMILES string of the molecule is C=C(CCCCCC)C(=O)Sc1ccc(Br)cc1. The molecule has 3 heteroatoms. The highest BCUT2D eigenvalue weighted by Gasteiger charge is 2.08. The fourth-order valence-corrected chi connectivity index (χ4v) is 2.55. The summed E-state index contributed by atoms with van der Waals surface area (Å²) in [4.78, 5) is 12.9. The largest absolute Gasteiger partial charge is 0.282 e. The number of hydrogen-bond acceptors (Lipinski definition) is 2. The van der Waals surface area contributed by atoms with Gasteiger partial charge in [-0.3, -0.25) is 4.79 Å². The third kappa shape index (κ3) is 5.87. The van der Waals surface area contributed by atoms with E-state index in [0.717, 1.165) is 27.8 Å². The molecule has 0 atom stereocenters. The predicted octanol–water partition coefficient (Wildman–Crippen LogP) is 5.59. The van der Waals surface area contributed by atoms with E-state index >= 15 is 0 Å². The molecule has 18 heavy (non-hydrogen) atoms. The zero-order valence-electron chi connectivity index (χ0n) is 10.7. The number of carbonyl (C=O) groups is 1. The Bertz CT molecular complexity index is 397. The minimum atomic E-state index is 0.0915. The molecule has 98 valence electrons. The molecule has 0 N–H and O–H groups in total. The number of benzene rings is 1. The summed E-state index contributed by atoms with van der Waals surface area (Å²) in [5, 5.41) is 0.0915. The van der Waals surface area contributed by atoms with Crippen LogP contribution < -0.4 is 0 Å². The topological polar surface area (TPSA) is 17.1 Å². The fraction of sp³-hybridized carbons (Fsp3) is 0.400. The summed E-state index contributed by atoms with van der Waals surface area (Å²) < 4.78 is 1.03. The molecule has 1 aromatic carbocycles. The van der Waals surface area contributed by atoms with E-state index in [4.69, 9.17) is 0 Å². The third-order valence-electron chi connectivity index (χ3n) is 2.64. The second-order valence-electron chi connectivity index (χ2n) is 4.26. The van der Waals surface area contributed by atoms with Crippen LogP contribution in [0.15, 0.2) is 45.8 Å². The molecule has 1 aromatic rings. The first kappa shape index (κ1) is 15.5. The highest BCUT2D eigenvalue weighted by atomic mass is 79.9. The van der Waals surface area contributed by atoms with Crippen molar-refractivity contribution in [3.8, 4) is 0 Å². The van der Waals surface area contributed by atoms with E-state index in [-0.39, 0.29) is 5.12 Å². The number of hydrogen-bond donors (Lipinski definition) is 0. The van der Waals surface area contributed by atoms with Gasteiger partial charge in [0.15, 0.2) is 0 Å². The molecule has 0 aliphatic carbocycles. The van der Waals surface area contributed by atoms with Gasteiger partial charge in [0, 0.05) is 9.37 Å². The summed E-state index contributed by atoms with van der Waals surface area (Å²) in [6.07, 6.45) is 5.53.